The second kappa shape index (κ2) is 7.80. The van der Waals surface area contributed by atoms with Crippen LogP contribution in [0.3, 0.4) is 0 Å². The Balaban J connectivity index is 1.86. The van der Waals surface area contributed by atoms with Gasteiger partial charge in [-0.1, -0.05) is 30.3 Å². The van der Waals surface area contributed by atoms with Gasteiger partial charge in [-0.05, 0) is 49.2 Å². The highest BCUT2D eigenvalue weighted by Gasteiger charge is 2.30. The molecule has 0 saturated heterocycles. The molecule has 0 fully saturated rings. The number of nitrogens with one attached hydrogen (secondary N) is 1. The predicted molar refractivity (Wildman–Crippen MR) is 99.5 cm³/mol. The summed E-state index contributed by atoms with van der Waals surface area (Å²) in [6, 6.07) is 12.8. The van der Waals surface area contributed by atoms with Crippen LogP contribution in [0.1, 0.15) is 40.4 Å². The van der Waals surface area contributed by atoms with Crippen LogP contribution in [-0.2, 0) is 6.18 Å². The summed E-state index contributed by atoms with van der Waals surface area (Å²) in [5.74, 6) is 0.133. The minimum Gasteiger partial charge on any atom is -0.342 e. The summed E-state index contributed by atoms with van der Waals surface area (Å²) in [4.78, 5) is 21.3. The van der Waals surface area contributed by atoms with E-state index >= 15 is 0 Å². The molecule has 0 spiro atoms. The number of amides is 1. The van der Waals surface area contributed by atoms with Crippen molar-refractivity contribution in [2.24, 2.45) is 0 Å². The fourth-order valence-corrected chi connectivity index (χ4v) is 2.79. The van der Waals surface area contributed by atoms with E-state index < -0.39 is 17.8 Å². The van der Waals surface area contributed by atoms with E-state index in [1.165, 1.54) is 12.1 Å². The average Bonchev–Trinajstić information content (AvgIpc) is 2.67. The van der Waals surface area contributed by atoms with Gasteiger partial charge in [-0.15, -0.1) is 0 Å². The average molecular weight is 385 g/mol. The quantitative estimate of drug-likeness (QED) is 0.691. The van der Waals surface area contributed by atoms with E-state index in [1.807, 2.05) is 6.92 Å². The smallest absolute Gasteiger partial charge is 0.342 e. The molecule has 0 bridgehead atoms. The van der Waals surface area contributed by atoms with Gasteiger partial charge in [0.1, 0.15) is 5.82 Å². The molecular weight excluding hydrogens is 367 g/mol. The molecule has 1 amide bonds. The maximum absolute atomic E-state index is 12.8. The highest BCUT2D eigenvalue weighted by Crippen LogP contribution is 2.32. The molecule has 4 nitrogen and oxygen atoms in total. The lowest BCUT2D eigenvalue weighted by molar-refractivity contribution is -0.137. The van der Waals surface area contributed by atoms with Gasteiger partial charge in [0, 0.05) is 17.5 Å². The van der Waals surface area contributed by atoms with Gasteiger partial charge in [0.2, 0.25) is 0 Å². The fraction of sp³-hybridized carbons (Fsp3) is 0.190. The van der Waals surface area contributed by atoms with Crippen molar-refractivity contribution in [2.75, 3.05) is 0 Å². The zero-order valence-electron chi connectivity index (χ0n) is 15.3. The zero-order chi connectivity index (χ0) is 20.3. The molecule has 3 aromatic rings. The van der Waals surface area contributed by atoms with Crippen LogP contribution in [0.2, 0.25) is 0 Å². The first-order valence-corrected chi connectivity index (χ1v) is 8.63. The topological polar surface area (TPSA) is 54.9 Å². The Kier molecular flexibility index (Phi) is 5.44. The largest absolute Gasteiger partial charge is 0.416 e. The van der Waals surface area contributed by atoms with Gasteiger partial charge in [-0.3, -0.25) is 4.79 Å². The Labute approximate surface area is 160 Å². The Bertz CT molecular complexity index is 985. The first kappa shape index (κ1) is 19.5. The zero-order valence-corrected chi connectivity index (χ0v) is 15.3. The third-order valence-corrected chi connectivity index (χ3v) is 4.24. The van der Waals surface area contributed by atoms with Crippen LogP contribution in [0.25, 0.3) is 11.1 Å². The number of alkyl halides is 3. The Hall–Kier alpha value is -3.22. The summed E-state index contributed by atoms with van der Waals surface area (Å²) in [6.45, 7) is 3.60. The van der Waals surface area contributed by atoms with E-state index in [2.05, 4.69) is 15.3 Å². The van der Waals surface area contributed by atoms with Crippen LogP contribution in [-0.4, -0.2) is 15.9 Å². The second-order valence-corrected chi connectivity index (χ2v) is 6.37. The number of aryl methyl sites for hydroxylation is 1. The van der Waals surface area contributed by atoms with Crippen LogP contribution in [0.15, 0.2) is 60.8 Å². The van der Waals surface area contributed by atoms with Crippen molar-refractivity contribution in [3.05, 3.63) is 83.4 Å². The molecule has 7 heteroatoms. The maximum Gasteiger partial charge on any atom is 0.416 e. The SMILES string of the molecule is Cc1ccnc(C(C)NC(=O)c2ccccc2-c2ccc(C(F)(F)F)cc2)n1. The number of benzene rings is 2. The summed E-state index contributed by atoms with van der Waals surface area (Å²) >= 11 is 0. The minimum atomic E-state index is -4.40. The summed E-state index contributed by atoms with van der Waals surface area (Å²) in [6.07, 6.45) is -2.78. The number of carbonyl (C=O) groups excluding carboxylic acids is 1. The number of carbonyl (C=O) groups is 1. The van der Waals surface area contributed by atoms with Gasteiger partial charge in [0.05, 0.1) is 11.6 Å². The van der Waals surface area contributed by atoms with Crippen molar-refractivity contribution in [3.63, 3.8) is 0 Å². The molecule has 1 unspecified atom stereocenters. The Morgan fingerprint density at radius 2 is 1.71 bits per heavy atom. The van der Waals surface area contributed by atoms with Crippen molar-refractivity contribution < 1.29 is 18.0 Å². The normalized spacial score (nSPS) is 12.5. The lowest BCUT2D eigenvalue weighted by Gasteiger charge is -2.15. The lowest BCUT2D eigenvalue weighted by Crippen LogP contribution is -2.28. The molecule has 1 aromatic heterocycles. The van der Waals surface area contributed by atoms with Gasteiger partial charge in [-0.2, -0.15) is 13.2 Å². The molecule has 2 aromatic carbocycles. The molecule has 28 heavy (non-hydrogen) atoms. The Morgan fingerprint density at radius 1 is 1.04 bits per heavy atom. The highest BCUT2D eigenvalue weighted by atomic mass is 19.4. The van der Waals surface area contributed by atoms with Crippen LogP contribution >= 0.6 is 0 Å². The van der Waals surface area contributed by atoms with Crippen molar-refractivity contribution in [1.29, 1.82) is 0 Å². The van der Waals surface area contributed by atoms with Gasteiger partial charge < -0.3 is 5.32 Å². The molecule has 1 N–H and O–H groups in total. The van der Waals surface area contributed by atoms with Crippen LogP contribution in [0.4, 0.5) is 13.2 Å². The number of hydrogen-bond donors (Lipinski definition) is 1. The number of halogens is 3. The van der Waals surface area contributed by atoms with E-state index in [-0.39, 0.29) is 5.91 Å². The van der Waals surface area contributed by atoms with E-state index in [4.69, 9.17) is 0 Å². The van der Waals surface area contributed by atoms with E-state index in [0.717, 1.165) is 17.8 Å². The molecule has 144 valence electrons. The Morgan fingerprint density at radius 3 is 2.36 bits per heavy atom. The predicted octanol–water partition coefficient (Wildman–Crippen LogP) is 4.96. The molecule has 1 heterocycles. The number of rotatable bonds is 4. The highest BCUT2D eigenvalue weighted by molar-refractivity contribution is 6.01. The molecule has 0 aliphatic heterocycles. The summed E-state index contributed by atoms with van der Waals surface area (Å²) in [5, 5.41) is 2.84. The van der Waals surface area contributed by atoms with Crippen molar-refractivity contribution in [1.82, 2.24) is 15.3 Å². The number of hydrogen-bond acceptors (Lipinski definition) is 3. The van der Waals surface area contributed by atoms with Gasteiger partial charge >= 0.3 is 6.18 Å². The third kappa shape index (κ3) is 4.36. The van der Waals surface area contributed by atoms with E-state index in [0.29, 0.717) is 22.5 Å². The number of aromatic nitrogens is 2. The molecule has 0 aliphatic carbocycles. The first-order valence-electron chi connectivity index (χ1n) is 8.63. The number of nitrogens with zero attached hydrogens (tertiary/aromatic N) is 2. The molecule has 0 saturated carbocycles. The minimum absolute atomic E-state index is 0.354. The van der Waals surface area contributed by atoms with Crippen molar-refractivity contribution in [3.8, 4) is 11.1 Å². The van der Waals surface area contributed by atoms with E-state index in [1.54, 1.807) is 43.5 Å². The van der Waals surface area contributed by atoms with E-state index in [9.17, 15) is 18.0 Å². The first-order chi connectivity index (χ1) is 13.3. The van der Waals surface area contributed by atoms with Gasteiger partial charge in [-0.25, -0.2) is 9.97 Å². The maximum atomic E-state index is 12.8. The third-order valence-electron chi connectivity index (χ3n) is 4.24. The standard InChI is InChI=1S/C21H18F3N3O/c1-13-11-12-25-19(26-13)14(2)27-20(28)18-6-4-3-5-17(18)15-7-9-16(10-8-15)21(22,23)24/h3-12,14H,1-2H3,(H,27,28). The summed E-state index contributed by atoms with van der Waals surface area (Å²) < 4.78 is 38.4. The molecule has 3 rings (SSSR count). The van der Waals surface area contributed by atoms with Crippen molar-refractivity contribution in [2.45, 2.75) is 26.1 Å². The van der Waals surface area contributed by atoms with Crippen molar-refractivity contribution >= 4 is 5.91 Å². The lowest BCUT2D eigenvalue weighted by atomic mass is 9.98. The molecule has 0 radical (unpaired) electrons. The second-order valence-electron chi connectivity index (χ2n) is 6.37. The van der Waals surface area contributed by atoms with Gasteiger partial charge in [0.25, 0.3) is 5.91 Å². The molecule has 1 atom stereocenters. The van der Waals surface area contributed by atoms with Crippen LogP contribution in [0, 0.1) is 6.92 Å². The van der Waals surface area contributed by atoms with Crippen LogP contribution in [0.5, 0.6) is 0 Å². The van der Waals surface area contributed by atoms with Gasteiger partial charge in [0.15, 0.2) is 0 Å². The molecular formula is C21H18F3N3O. The summed E-state index contributed by atoms with van der Waals surface area (Å²) in [7, 11) is 0. The molecule has 0 aliphatic rings. The van der Waals surface area contributed by atoms with Crippen LogP contribution < -0.4 is 5.32 Å². The fourth-order valence-electron chi connectivity index (χ4n) is 2.79. The monoisotopic (exact) mass is 385 g/mol. The summed E-state index contributed by atoms with van der Waals surface area (Å²) in [5.41, 5.74) is 1.49.